The first-order valence-electron chi connectivity index (χ1n) is 15.5. The topological polar surface area (TPSA) is 105 Å². The summed E-state index contributed by atoms with van der Waals surface area (Å²) in [4.78, 5) is 30.1. The van der Waals surface area contributed by atoms with Crippen molar-refractivity contribution in [2.45, 2.75) is 57.1 Å². The van der Waals surface area contributed by atoms with Gasteiger partial charge >= 0.3 is 0 Å². The van der Waals surface area contributed by atoms with Gasteiger partial charge < -0.3 is 19.7 Å². The zero-order valence-corrected chi connectivity index (χ0v) is 28.4. The number of benzene rings is 4. The Labute approximate surface area is 278 Å². The standard InChI is InChI=1S/C37H43N3O6S/c1-6-46-31-22-20-30(21-23-31)40(47(43,44)33-18-11-8-12-19-33)27-35(41)39(26-29-16-13-17-32(24-29)45-5)34(36(42)38-37(2,3)4)25-28-14-9-7-10-15-28/h7-24,34H,6,25-27H2,1-5H3,(H,38,42)/t34-/m1/s1. The summed E-state index contributed by atoms with van der Waals surface area (Å²) < 4.78 is 40.4. The monoisotopic (exact) mass is 657 g/mol. The van der Waals surface area contributed by atoms with Crippen LogP contribution in [0.1, 0.15) is 38.8 Å². The van der Waals surface area contributed by atoms with Gasteiger partial charge in [-0.05, 0) is 87.4 Å². The number of hydrogen-bond acceptors (Lipinski definition) is 6. The van der Waals surface area contributed by atoms with Gasteiger partial charge in [-0.1, -0.05) is 60.7 Å². The predicted molar refractivity (Wildman–Crippen MR) is 184 cm³/mol. The summed E-state index contributed by atoms with van der Waals surface area (Å²) in [6, 6.07) is 30.2. The Balaban J connectivity index is 1.82. The maximum absolute atomic E-state index is 14.6. The number of methoxy groups -OCH3 is 1. The van der Waals surface area contributed by atoms with Gasteiger partial charge in [-0.15, -0.1) is 0 Å². The first-order valence-corrected chi connectivity index (χ1v) is 16.9. The molecule has 0 unspecified atom stereocenters. The average Bonchev–Trinajstić information content (AvgIpc) is 3.06. The van der Waals surface area contributed by atoms with Crippen molar-refractivity contribution in [3.8, 4) is 11.5 Å². The van der Waals surface area contributed by atoms with Crippen molar-refractivity contribution in [2.75, 3.05) is 24.6 Å². The van der Waals surface area contributed by atoms with Gasteiger partial charge in [-0.2, -0.15) is 0 Å². The third-order valence-corrected chi connectivity index (χ3v) is 9.09. The Morgan fingerprint density at radius 3 is 2.02 bits per heavy atom. The van der Waals surface area contributed by atoms with E-state index < -0.39 is 34.1 Å². The molecule has 47 heavy (non-hydrogen) atoms. The number of carbonyl (C=O) groups is 2. The van der Waals surface area contributed by atoms with Crippen molar-refractivity contribution in [1.29, 1.82) is 0 Å². The molecule has 0 aliphatic carbocycles. The normalized spacial score (nSPS) is 12.1. The van der Waals surface area contributed by atoms with Gasteiger partial charge in [0.15, 0.2) is 0 Å². The zero-order chi connectivity index (χ0) is 34.0. The first-order chi connectivity index (χ1) is 22.4. The van der Waals surface area contributed by atoms with Gasteiger partial charge in [0.2, 0.25) is 11.8 Å². The van der Waals surface area contributed by atoms with E-state index in [0.717, 1.165) is 15.4 Å². The molecule has 2 amide bonds. The molecule has 0 heterocycles. The van der Waals surface area contributed by atoms with Crippen LogP contribution in [0.15, 0.2) is 114 Å². The van der Waals surface area contributed by atoms with Crippen molar-refractivity contribution in [2.24, 2.45) is 0 Å². The van der Waals surface area contributed by atoms with E-state index in [-0.39, 0.29) is 29.5 Å². The number of nitrogens with one attached hydrogen (secondary N) is 1. The minimum atomic E-state index is -4.20. The Hall–Kier alpha value is -4.83. The number of ether oxygens (including phenoxy) is 2. The van der Waals surface area contributed by atoms with E-state index in [9.17, 15) is 18.0 Å². The van der Waals surface area contributed by atoms with Crippen LogP contribution < -0.4 is 19.1 Å². The molecule has 4 aromatic rings. The van der Waals surface area contributed by atoms with E-state index in [1.54, 1.807) is 61.7 Å². The number of sulfonamides is 1. The molecule has 0 bridgehead atoms. The molecule has 0 aromatic heterocycles. The molecule has 4 rings (SSSR count). The van der Waals surface area contributed by atoms with E-state index in [4.69, 9.17) is 9.47 Å². The molecule has 4 aromatic carbocycles. The van der Waals surface area contributed by atoms with Gasteiger partial charge in [-0.25, -0.2) is 8.42 Å². The van der Waals surface area contributed by atoms with E-state index in [2.05, 4.69) is 5.32 Å². The molecule has 0 saturated heterocycles. The number of hydrogen-bond donors (Lipinski definition) is 1. The third kappa shape index (κ3) is 9.59. The molecule has 0 aliphatic heterocycles. The highest BCUT2D eigenvalue weighted by Gasteiger charge is 2.35. The van der Waals surface area contributed by atoms with Crippen molar-refractivity contribution in [3.05, 3.63) is 120 Å². The molecular weight excluding hydrogens is 614 g/mol. The second kappa shape index (κ2) is 15.6. The third-order valence-electron chi connectivity index (χ3n) is 7.30. The lowest BCUT2D eigenvalue weighted by Crippen LogP contribution is -2.56. The fraction of sp³-hybridized carbons (Fsp3) is 0.297. The fourth-order valence-electron chi connectivity index (χ4n) is 5.10. The lowest BCUT2D eigenvalue weighted by molar-refractivity contribution is -0.140. The van der Waals surface area contributed by atoms with Crippen LogP contribution in [0, 0.1) is 0 Å². The molecule has 1 atom stereocenters. The van der Waals surface area contributed by atoms with Gasteiger partial charge in [0.1, 0.15) is 24.1 Å². The molecule has 1 N–H and O–H groups in total. The lowest BCUT2D eigenvalue weighted by atomic mass is 10.0. The second-order valence-electron chi connectivity index (χ2n) is 12.1. The SMILES string of the molecule is CCOc1ccc(N(CC(=O)N(Cc2cccc(OC)c2)[C@H](Cc2ccccc2)C(=O)NC(C)(C)C)S(=O)(=O)c2ccccc2)cc1. The molecule has 0 saturated carbocycles. The average molecular weight is 658 g/mol. The Bertz CT molecular complexity index is 1720. The van der Waals surface area contributed by atoms with Crippen LogP contribution in [0.25, 0.3) is 0 Å². The first kappa shape index (κ1) is 35.0. The van der Waals surface area contributed by atoms with E-state index >= 15 is 0 Å². The maximum atomic E-state index is 14.6. The number of carbonyl (C=O) groups excluding carboxylic acids is 2. The number of anilines is 1. The van der Waals surface area contributed by atoms with Crippen LogP contribution in [0.5, 0.6) is 11.5 Å². The highest BCUT2D eigenvalue weighted by Crippen LogP contribution is 2.27. The Morgan fingerprint density at radius 1 is 0.809 bits per heavy atom. The summed E-state index contributed by atoms with van der Waals surface area (Å²) in [7, 11) is -2.64. The van der Waals surface area contributed by atoms with Crippen molar-refractivity contribution < 1.29 is 27.5 Å². The fourth-order valence-corrected chi connectivity index (χ4v) is 6.53. The van der Waals surface area contributed by atoms with Crippen LogP contribution in [0.2, 0.25) is 0 Å². The number of amides is 2. The van der Waals surface area contributed by atoms with E-state index in [1.165, 1.54) is 17.0 Å². The molecule has 9 nitrogen and oxygen atoms in total. The highest BCUT2D eigenvalue weighted by atomic mass is 32.2. The molecule has 0 aliphatic rings. The molecule has 0 spiro atoms. The summed E-state index contributed by atoms with van der Waals surface area (Å²) in [5, 5.41) is 3.04. The van der Waals surface area contributed by atoms with Gasteiger partial charge in [-0.3, -0.25) is 13.9 Å². The summed E-state index contributed by atoms with van der Waals surface area (Å²) in [5.74, 6) is 0.264. The number of rotatable bonds is 14. The van der Waals surface area contributed by atoms with Gasteiger partial charge in [0, 0.05) is 18.5 Å². The Kier molecular flexibility index (Phi) is 11.7. The number of nitrogens with zero attached hydrogens (tertiary/aromatic N) is 2. The smallest absolute Gasteiger partial charge is 0.264 e. The van der Waals surface area contributed by atoms with Crippen LogP contribution in [-0.2, 0) is 32.6 Å². The largest absolute Gasteiger partial charge is 0.497 e. The quantitative estimate of drug-likeness (QED) is 0.183. The molecular formula is C37H43N3O6S. The van der Waals surface area contributed by atoms with Crippen LogP contribution in [0.4, 0.5) is 5.69 Å². The molecule has 10 heteroatoms. The van der Waals surface area contributed by atoms with Crippen molar-refractivity contribution in [1.82, 2.24) is 10.2 Å². The lowest BCUT2D eigenvalue weighted by Gasteiger charge is -2.35. The zero-order valence-electron chi connectivity index (χ0n) is 27.6. The maximum Gasteiger partial charge on any atom is 0.264 e. The van der Waals surface area contributed by atoms with Crippen LogP contribution >= 0.6 is 0 Å². The van der Waals surface area contributed by atoms with Crippen LogP contribution in [0.3, 0.4) is 0 Å². The van der Waals surface area contributed by atoms with Gasteiger partial charge in [0.25, 0.3) is 10.0 Å². The second-order valence-corrected chi connectivity index (χ2v) is 13.9. The summed E-state index contributed by atoms with van der Waals surface area (Å²) in [6.45, 7) is 7.41. The summed E-state index contributed by atoms with van der Waals surface area (Å²) >= 11 is 0. The molecule has 248 valence electrons. The van der Waals surface area contributed by atoms with Crippen molar-refractivity contribution >= 4 is 27.5 Å². The van der Waals surface area contributed by atoms with Crippen molar-refractivity contribution in [3.63, 3.8) is 0 Å². The minimum Gasteiger partial charge on any atom is -0.497 e. The molecule has 0 fully saturated rings. The predicted octanol–water partition coefficient (Wildman–Crippen LogP) is 5.84. The summed E-state index contributed by atoms with van der Waals surface area (Å²) in [6.07, 6.45) is 0.215. The van der Waals surface area contributed by atoms with E-state index in [0.29, 0.717) is 18.1 Å². The minimum absolute atomic E-state index is 0.0346. The van der Waals surface area contributed by atoms with E-state index in [1.807, 2.05) is 70.2 Å². The highest BCUT2D eigenvalue weighted by molar-refractivity contribution is 7.92. The van der Waals surface area contributed by atoms with Gasteiger partial charge in [0.05, 0.1) is 24.3 Å². The Morgan fingerprint density at radius 2 is 1.43 bits per heavy atom. The van der Waals surface area contributed by atoms with Crippen LogP contribution in [-0.4, -0.2) is 57.0 Å². The summed E-state index contributed by atoms with van der Waals surface area (Å²) in [5.41, 5.74) is 1.27. The molecule has 0 radical (unpaired) electrons.